The highest BCUT2D eigenvalue weighted by molar-refractivity contribution is 9.10. The van der Waals surface area contributed by atoms with Gasteiger partial charge >= 0.3 is 0 Å². The Bertz CT molecular complexity index is 663. The molecule has 2 aromatic rings. The first-order valence-electron chi connectivity index (χ1n) is 6.36. The van der Waals surface area contributed by atoms with E-state index in [1.54, 1.807) is 6.07 Å². The predicted molar refractivity (Wildman–Crippen MR) is 84.3 cm³/mol. The van der Waals surface area contributed by atoms with E-state index in [0.29, 0.717) is 15.9 Å². The molecule has 0 saturated carbocycles. The molecule has 0 atom stereocenters. The van der Waals surface area contributed by atoms with Crippen LogP contribution < -0.4 is 5.32 Å². The van der Waals surface area contributed by atoms with Crippen molar-refractivity contribution in [2.24, 2.45) is 0 Å². The second-order valence-corrected chi connectivity index (χ2v) is 6.31. The summed E-state index contributed by atoms with van der Waals surface area (Å²) in [6, 6.07) is 4.97. The molecule has 0 aliphatic carbocycles. The van der Waals surface area contributed by atoms with Gasteiger partial charge in [0.25, 0.3) is 0 Å². The van der Waals surface area contributed by atoms with Gasteiger partial charge in [-0.1, -0.05) is 0 Å². The largest absolute Gasteiger partial charge is 0.370 e. The lowest BCUT2D eigenvalue weighted by molar-refractivity contribution is 0.621. The molecule has 0 radical (unpaired) electrons. The maximum Gasteiger partial charge on any atom is 0.161 e. The first-order valence-corrected chi connectivity index (χ1v) is 8.30. The van der Waals surface area contributed by atoms with Crippen molar-refractivity contribution in [2.75, 3.05) is 11.9 Å². The van der Waals surface area contributed by atoms with Crippen molar-refractivity contribution in [1.29, 1.82) is 0 Å². The lowest BCUT2D eigenvalue weighted by Gasteiger charge is -2.10. The number of nitrogens with zero attached hydrogens (tertiary/aromatic N) is 2. The van der Waals surface area contributed by atoms with Gasteiger partial charge in [0, 0.05) is 29.2 Å². The summed E-state index contributed by atoms with van der Waals surface area (Å²) in [6.07, 6.45) is 0. The topological polar surface area (TPSA) is 37.8 Å². The molecule has 0 bridgehead atoms. The average molecular weight is 354 g/mol. The third-order valence-corrected chi connectivity index (χ3v) is 4.71. The number of hydrogen-bond acceptors (Lipinski definition) is 4. The number of thioether (sulfide) groups is 1. The number of hydrogen-bond donors (Lipinski definition) is 1. The zero-order valence-corrected chi connectivity index (χ0v) is 13.3. The molecule has 0 spiro atoms. The van der Waals surface area contributed by atoms with E-state index in [-0.39, 0.29) is 5.82 Å². The van der Waals surface area contributed by atoms with Crippen LogP contribution in [0.3, 0.4) is 0 Å². The van der Waals surface area contributed by atoms with E-state index in [4.69, 9.17) is 0 Å². The van der Waals surface area contributed by atoms with Crippen molar-refractivity contribution in [2.45, 2.75) is 18.4 Å². The highest BCUT2D eigenvalue weighted by atomic mass is 79.9. The zero-order chi connectivity index (χ0) is 14.1. The van der Waals surface area contributed by atoms with Gasteiger partial charge < -0.3 is 5.32 Å². The van der Waals surface area contributed by atoms with Gasteiger partial charge in [-0.25, -0.2) is 14.4 Å². The molecule has 20 heavy (non-hydrogen) atoms. The van der Waals surface area contributed by atoms with Crippen LogP contribution in [0.25, 0.3) is 11.4 Å². The monoisotopic (exact) mass is 353 g/mol. The summed E-state index contributed by atoms with van der Waals surface area (Å²) in [4.78, 5) is 9.14. The second kappa shape index (κ2) is 5.69. The first kappa shape index (κ1) is 13.8. The molecule has 3 nitrogen and oxygen atoms in total. The van der Waals surface area contributed by atoms with Gasteiger partial charge in [-0.3, -0.25) is 0 Å². The fraction of sp³-hybridized carbons (Fsp3) is 0.286. The molecule has 1 aliphatic heterocycles. The molecule has 1 N–H and O–H groups in total. The number of rotatable bonds is 3. The van der Waals surface area contributed by atoms with Crippen LogP contribution in [0.4, 0.5) is 10.2 Å². The molecule has 1 aromatic heterocycles. The summed E-state index contributed by atoms with van der Waals surface area (Å²) in [5.41, 5.74) is 2.93. The minimum atomic E-state index is -0.300. The maximum atomic E-state index is 13.7. The van der Waals surface area contributed by atoms with Crippen molar-refractivity contribution in [1.82, 2.24) is 9.97 Å². The number of benzene rings is 1. The van der Waals surface area contributed by atoms with E-state index in [0.717, 1.165) is 29.6 Å². The van der Waals surface area contributed by atoms with Gasteiger partial charge in [-0.2, -0.15) is 11.8 Å². The number of aromatic nitrogens is 2. The van der Waals surface area contributed by atoms with Crippen LogP contribution in [0.1, 0.15) is 18.2 Å². The Balaban J connectivity index is 2.09. The van der Waals surface area contributed by atoms with Crippen LogP contribution in [0.15, 0.2) is 22.7 Å². The Labute approximate surface area is 129 Å². The van der Waals surface area contributed by atoms with Gasteiger partial charge in [0.2, 0.25) is 0 Å². The number of halogens is 2. The fourth-order valence-electron chi connectivity index (χ4n) is 2.13. The number of fused-ring (bicyclic) bond motifs is 1. The van der Waals surface area contributed by atoms with E-state index in [1.165, 1.54) is 11.6 Å². The van der Waals surface area contributed by atoms with Crippen molar-refractivity contribution in [3.63, 3.8) is 0 Å². The van der Waals surface area contributed by atoms with Crippen LogP contribution >= 0.6 is 27.7 Å². The summed E-state index contributed by atoms with van der Waals surface area (Å²) in [5.74, 6) is 2.98. The minimum absolute atomic E-state index is 0.300. The molecule has 104 valence electrons. The second-order valence-electron chi connectivity index (χ2n) is 4.47. The van der Waals surface area contributed by atoms with E-state index < -0.39 is 0 Å². The van der Waals surface area contributed by atoms with Gasteiger partial charge in [-0.05, 0) is 41.1 Å². The Morgan fingerprint density at radius 1 is 1.35 bits per heavy atom. The van der Waals surface area contributed by atoms with Crippen molar-refractivity contribution < 1.29 is 4.39 Å². The Hall–Kier alpha value is -1.14. The van der Waals surface area contributed by atoms with Gasteiger partial charge in [-0.15, -0.1) is 0 Å². The normalized spacial score (nSPS) is 13.3. The van der Waals surface area contributed by atoms with Gasteiger partial charge in [0.15, 0.2) is 5.82 Å². The molecule has 0 saturated heterocycles. The highest BCUT2D eigenvalue weighted by Gasteiger charge is 2.20. The molecule has 1 aromatic carbocycles. The highest BCUT2D eigenvalue weighted by Crippen LogP contribution is 2.34. The Kier molecular flexibility index (Phi) is 3.94. The molecular formula is C14H13BrFN3S. The van der Waals surface area contributed by atoms with Crippen molar-refractivity contribution >= 4 is 33.5 Å². The summed E-state index contributed by atoms with van der Waals surface area (Å²) in [6.45, 7) is 2.85. The molecule has 1 aliphatic rings. The number of anilines is 1. The standard InChI is InChI=1S/C14H13BrFN3S/c1-2-17-14-9-6-20-7-12(9)18-13(19-14)8-3-4-10(15)11(16)5-8/h3-5H,2,6-7H2,1H3,(H,17,18,19). The first-order chi connectivity index (χ1) is 9.69. The van der Waals surface area contributed by atoms with Gasteiger partial charge in [0.1, 0.15) is 11.6 Å². The molecular weight excluding hydrogens is 341 g/mol. The van der Waals surface area contributed by atoms with Crippen molar-refractivity contribution in [3.8, 4) is 11.4 Å². The predicted octanol–water partition coefficient (Wildman–Crippen LogP) is 4.22. The van der Waals surface area contributed by atoms with E-state index in [1.807, 2.05) is 24.8 Å². The van der Waals surface area contributed by atoms with Crippen LogP contribution in [0.5, 0.6) is 0 Å². The summed E-state index contributed by atoms with van der Waals surface area (Å²) in [5, 5.41) is 3.28. The molecule has 3 rings (SSSR count). The van der Waals surface area contributed by atoms with E-state index in [9.17, 15) is 4.39 Å². The quantitative estimate of drug-likeness (QED) is 0.896. The molecule has 0 fully saturated rings. The zero-order valence-electron chi connectivity index (χ0n) is 10.9. The Morgan fingerprint density at radius 3 is 2.95 bits per heavy atom. The van der Waals surface area contributed by atoms with E-state index >= 15 is 0 Å². The number of nitrogens with one attached hydrogen (secondary N) is 1. The average Bonchev–Trinajstić information content (AvgIpc) is 2.90. The smallest absolute Gasteiger partial charge is 0.161 e. The van der Waals surface area contributed by atoms with Crippen LogP contribution in [-0.2, 0) is 11.5 Å². The third kappa shape index (κ3) is 2.54. The van der Waals surface area contributed by atoms with Gasteiger partial charge in [0.05, 0.1) is 10.2 Å². The van der Waals surface area contributed by atoms with Crippen LogP contribution in [0.2, 0.25) is 0 Å². The molecule has 2 heterocycles. The van der Waals surface area contributed by atoms with E-state index in [2.05, 4.69) is 31.2 Å². The summed E-state index contributed by atoms with van der Waals surface area (Å²) < 4.78 is 14.1. The van der Waals surface area contributed by atoms with Crippen LogP contribution in [-0.4, -0.2) is 16.5 Å². The Morgan fingerprint density at radius 2 is 2.20 bits per heavy atom. The minimum Gasteiger partial charge on any atom is -0.370 e. The fourth-order valence-corrected chi connectivity index (χ4v) is 3.42. The molecule has 0 amide bonds. The summed E-state index contributed by atoms with van der Waals surface area (Å²) in [7, 11) is 0. The molecule has 6 heteroatoms. The van der Waals surface area contributed by atoms with Crippen molar-refractivity contribution in [3.05, 3.63) is 39.7 Å². The lowest BCUT2D eigenvalue weighted by atomic mass is 10.2. The maximum absolute atomic E-state index is 13.7. The lowest BCUT2D eigenvalue weighted by Crippen LogP contribution is -2.06. The SMILES string of the molecule is CCNc1nc(-c2ccc(Br)c(F)c2)nc2c1CSC2. The molecule has 0 unspecified atom stereocenters. The van der Waals surface area contributed by atoms with Crippen LogP contribution in [0, 0.1) is 5.82 Å². The third-order valence-electron chi connectivity index (χ3n) is 3.10. The summed E-state index contributed by atoms with van der Waals surface area (Å²) >= 11 is 4.99.